The fourth-order valence-electron chi connectivity index (χ4n) is 2.45. The van der Waals surface area contributed by atoms with Crippen LogP contribution in [0.3, 0.4) is 0 Å². The van der Waals surface area contributed by atoms with E-state index in [0.29, 0.717) is 30.2 Å². The molecular formula is C19H24N2O4S. The highest BCUT2D eigenvalue weighted by Gasteiger charge is 2.18. The van der Waals surface area contributed by atoms with Crippen LogP contribution in [0.15, 0.2) is 53.4 Å². The summed E-state index contributed by atoms with van der Waals surface area (Å²) in [6, 6.07) is 12.7. The Morgan fingerprint density at radius 2 is 1.81 bits per heavy atom. The first-order chi connectivity index (χ1) is 12.4. The second kappa shape index (κ2) is 8.71. The number of carbonyl (C=O) groups is 1. The molecule has 0 aliphatic heterocycles. The van der Waals surface area contributed by atoms with Gasteiger partial charge in [0.15, 0.2) is 0 Å². The van der Waals surface area contributed by atoms with Gasteiger partial charge in [-0.25, -0.2) is 8.42 Å². The Morgan fingerprint density at radius 1 is 1.12 bits per heavy atom. The molecule has 2 rings (SSSR count). The smallest absolute Gasteiger partial charge is 0.261 e. The first-order valence-electron chi connectivity index (χ1n) is 8.48. The van der Waals surface area contributed by atoms with Gasteiger partial charge in [0.25, 0.3) is 15.9 Å². The number of amides is 1. The summed E-state index contributed by atoms with van der Waals surface area (Å²) in [7, 11) is -2.09. The van der Waals surface area contributed by atoms with Crippen molar-refractivity contribution >= 4 is 21.6 Å². The number of carbonyl (C=O) groups excluding carboxylic acids is 1. The average molecular weight is 376 g/mol. The van der Waals surface area contributed by atoms with Gasteiger partial charge < -0.3 is 9.64 Å². The predicted molar refractivity (Wildman–Crippen MR) is 102 cm³/mol. The summed E-state index contributed by atoms with van der Waals surface area (Å²) in [6.45, 7) is 5.01. The number of benzene rings is 2. The minimum atomic E-state index is -3.79. The highest BCUT2D eigenvalue weighted by atomic mass is 32.2. The molecule has 0 heterocycles. The third kappa shape index (κ3) is 4.98. The van der Waals surface area contributed by atoms with Gasteiger partial charge >= 0.3 is 0 Å². The number of ether oxygens (including phenoxy) is 1. The van der Waals surface area contributed by atoms with E-state index in [2.05, 4.69) is 4.72 Å². The molecule has 0 saturated carbocycles. The van der Waals surface area contributed by atoms with Crippen LogP contribution < -0.4 is 9.46 Å². The summed E-state index contributed by atoms with van der Waals surface area (Å²) in [5.41, 5.74) is 0.767. The third-order valence-corrected chi connectivity index (χ3v) is 5.09. The van der Waals surface area contributed by atoms with Gasteiger partial charge in [-0.1, -0.05) is 13.0 Å². The Kier molecular flexibility index (Phi) is 6.63. The monoisotopic (exact) mass is 376 g/mol. The van der Waals surface area contributed by atoms with E-state index in [1.807, 2.05) is 13.8 Å². The summed E-state index contributed by atoms with van der Waals surface area (Å²) in [4.78, 5) is 14.0. The molecule has 26 heavy (non-hydrogen) atoms. The van der Waals surface area contributed by atoms with E-state index < -0.39 is 10.0 Å². The molecule has 0 saturated heterocycles. The lowest BCUT2D eigenvalue weighted by Crippen LogP contribution is -2.27. The van der Waals surface area contributed by atoms with Gasteiger partial charge in [0, 0.05) is 24.8 Å². The van der Waals surface area contributed by atoms with E-state index in [1.165, 1.54) is 12.1 Å². The number of hydrogen-bond acceptors (Lipinski definition) is 4. The van der Waals surface area contributed by atoms with Gasteiger partial charge in [-0.3, -0.25) is 9.52 Å². The molecule has 7 heteroatoms. The highest BCUT2D eigenvalue weighted by Crippen LogP contribution is 2.20. The van der Waals surface area contributed by atoms with E-state index in [1.54, 1.807) is 48.3 Å². The zero-order valence-electron chi connectivity index (χ0n) is 15.2. The van der Waals surface area contributed by atoms with Crippen LogP contribution in [0.1, 0.15) is 30.6 Å². The molecule has 0 atom stereocenters. The molecule has 0 unspecified atom stereocenters. The predicted octanol–water partition coefficient (Wildman–Crippen LogP) is 3.37. The van der Waals surface area contributed by atoms with Crippen molar-refractivity contribution in [3.63, 3.8) is 0 Å². The van der Waals surface area contributed by atoms with Crippen LogP contribution >= 0.6 is 0 Å². The molecule has 6 nitrogen and oxygen atoms in total. The average Bonchev–Trinajstić information content (AvgIpc) is 2.63. The fraction of sp³-hybridized carbons (Fsp3) is 0.316. The normalized spacial score (nSPS) is 11.0. The second-order valence-electron chi connectivity index (χ2n) is 5.82. The summed E-state index contributed by atoms with van der Waals surface area (Å²) < 4.78 is 33.1. The summed E-state index contributed by atoms with van der Waals surface area (Å²) in [5, 5.41) is 0. The first kappa shape index (κ1) is 19.8. The molecule has 0 fully saturated rings. The van der Waals surface area contributed by atoms with Gasteiger partial charge in [-0.05, 0) is 55.8 Å². The number of sulfonamides is 1. The quantitative estimate of drug-likeness (QED) is 0.766. The maximum atomic E-state index is 12.6. The number of rotatable bonds is 8. The van der Waals surface area contributed by atoms with Gasteiger partial charge in [0.1, 0.15) is 5.75 Å². The van der Waals surface area contributed by atoms with Crippen LogP contribution in [-0.4, -0.2) is 39.4 Å². The van der Waals surface area contributed by atoms with Crippen molar-refractivity contribution < 1.29 is 17.9 Å². The molecule has 1 N–H and O–H groups in total. The zero-order chi connectivity index (χ0) is 19.2. The minimum Gasteiger partial charge on any atom is -0.494 e. The van der Waals surface area contributed by atoms with Crippen molar-refractivity contribution in [3.8, 4) is 5.75 Å². The molecule has 0 bridgehead atoms. The Bertz CT molecular complexity index is 848. The lowest BCUT2D eigenvalue weighted by molar-refractivity contribution is 0.0795. The molecule has 0 aliphatic rings. The van der Waals surface area contributed by atoms with Crippen molar-refractivity contribution in [1.82, 2.24) is 4.90 Å². The minimum absolute atomic E-state index is 0.0436. The summed E-state index contributed by atoms with van der Waals surface area (Å²) in [5.74, 6) is 0.465. The third-order valence-electron chi connectivity index (χ3n) is 3.71. The Morgan fingerprint density at radius 3 is 2.42 bits per heavy atom. The lowest BCUT2D eigenvalue weighted by Gasteiger charge is -2.16. The van der Waals surface area contributed by atoms with Crippen molar-refractivity contribution in [2.45, 2.75) is 25.2 Å². The van der Waals surface area contributed by atoms with Crippen molar-refractivity contribution in [2.75, 3.05) is 24.9 Å². The molecule has 0 radical (unpaired) electrons. The van der Waals surface area contributed by atoms with E-state index in [0.717, 1.165) is 6.42 Å². The maximum Gasteiger partial charge on any atom is 0.261 e. The Labute approximate surface area is 154 Å². The van der Waals surface area contributed by atoms with Crippen LogP contribution in [0.4, 0.5) is 5.69 Å². The number of nitrogens with one attached hydrogen (secondary N) is 1. The largest absolute Gasteiger partial charge is 0.494 e. The zero-order valence-corrected chi connectivity index (χ0v) is 16.0. The maximum absolute atomic E-state index is 12.6. The molecule has 2 aromatic carbocycles. The van der Waals surface area contributed by atoms with Gasteiger partial charge in [0.05, 0.1) is 11.5 Å². The molecule has 0 aliphatic carbocycles. The van der Waals surface area contributed by atoms with Crippen molar-refractivity contribution in [2.24, 2.45) is 0 Å². The molecule has 2 aromatic rings. The Hall–Kier alpha value is -2.54. The lowest BCUT2D eigenvalue weighted by atomic mass is 10.2. The van der Waals surface area contributed by atoms with Gasteiger partial charge in [-0.15, -0.1) is 0 Å². The van der Waals surface area contributed by atoms with E-state index >= 15 is 0 Å². The van der Waals surface area contributed by atoms with Crippen molar-refractivity contribution in [3.05, 3.63) is 54.1 Å². The molecule has 140 valence electrons. The molecular weight excluding hydrogens is 352 g/mol. The SMILES string of the molecule is CCCN(C)C(=O)c1cccc(S(=O)(=O)Nc2ccc(OCC)cc2)c1. The number of hydrogen-bond donors (Lipinski definition) is 1. The highest BCUT2D eigenvalue weighted by molar-refractivity contribution is 7.92. The fourth-order valence-corrected chi connectivity index (χ4v) is 3.56. The van der Waals surface area contributed by atoms with Crippen LogP contribution in [0.5, 0.6) is 5.75 Å². The van der Waals surface area contributed by atoms with Crippen LogP contribution in [0, 0.1) is 0 Å². The van der Waals surface area contributed by atoms with Crippen LogP contribution in [0.25, 0.3) is 0 Å². The van der Waals surface area contributed by atoms with Crippen molar-refractivity contribution in [1.29, 1.82) is 0 Å². The summed E-state index contributed by atoms with van der Waals surface area (Å²) >= 11 is 0. The molecule has 0 spiro atoms. The van der Waals surface area contributed by atoms with E-state index in [4.69, 9.17) is 4.74 Å². The standard InChI is InChI=1S/C19H24N2O4S/c1-4-13-21(3)19(22)15-7-6-8-18(14-15)26(23,24)20-16-9-11-17(12-10-16)25-5-2/h6-12,14,20H,4-5,13H2,1-3H3. The van der Waals surface area contributed by atoms with Crippen LogP contribution in [0.2, 0.25) is 0 Å². The van der Waals surface area contributed by atoms with E-state index in [-0.39, 0.29) is 10.8 Å². The molecule has 0 aromatic heterocycles. The van der Waals surface area contributed by atoms with Crippen LogP contribution in [-0.2, 0) is 10.0 Å². The number of anilines is 1. The number of nitrogens with zero attached hydrogens (tertiary/aromatic N) is 1. The second-order valence-corrected chi connectivity index (χ2v) is 7.50. The van der Waals surface area contributed by atoms with Gasteiger partial charge in [0.2, 0.25) is 0 Å². The summed E-state index contributed by atoms with van der Waals surface area (Å²) in [6.07, 6.45) is 0.833. The van der Waals surface area contributed by atoms with E-state index in [9.17, 15) is 13.2 Å². The first-order valence-corrected chi connectivity index (χ1v) is 9.97. The topological polar surface area (TPSA) is 75.7 Å². The Balaban J connectivity index is 2.20. The molecule has 1 amide bonds. The van der Waals surface area contributed by atoms with Gasteiger partial charge in [-0.2, -0.15) is 0 Å².